The third-order valence-electron chi connectivity index (χ3n) is 3.58. The number of fused-ring (bicyclic) bond motifs is 2. The average Bonchev–Trinajstić information content (AvgIpc) is 3.09. The quantitative estimate of drug-likeness (QED) is 0.800. The molecule has 0 saturated heterocycles. The Labute approximate surface area is 136 Å². The topological polar surface area (TPSA) is 60.5 Å². The smallest absolute Gasteiger partial charge is 0.231 e. The molecule has 0 fully saturated rings. The Kier molecular flexibility index (Phi) is 3.38. The molecule has 0 spiro atoms. The molecule has 5 nitrogen and oxygen atoms in total. The van der Waals surface area contributed by atoms with E-state index in [9.17, 15) is 4.79 Å². The lowest BCUT2D eigenvalue weighted by atomic mass is 10.1. The van der Waals surface area contributed by atoms with Crippen LogP contribution in [-0.4, -0.2) is 17.7 Å². The number of hydrogen-bond acceptors (Lipinski definition) is 5. The number of anilines is 1. The number of nitrogens with one attached hydrogen (secondary N) is 1. The molecule has 0 bridgehead atoms. The molecule has 1 amide bonds. The summed E-state index contributed by atoms with van der Waals surface area (Å²) in [6, 6.07) is 11.7. The van der Waals surface area contributed by atoms with Gasteiger partial charge in [-0.2, -0.15) is 0 Å². The standard InChI is InChI=1S/C17H14N2O3S/c1-10-3-2-4-11(5-10)6-16(20)19-17-18-12-7-13-14(22-9-21-13)8-15(12)23-17/h2-5,7-8H,6,9H2,1H3,(H,18,19,20). The number of carbonyl (C=O) groups excluding carboxylic acids is 1. The van der Waals surface area contributed by atoms with Crippen LogP contribution in [0, 0.1) is 6.92 Å². The first-order valence-electron chi connectivity index (χ1n) is 7.23. The average molecular weight is 326 g/mol. The Balaban J connectivity index is 1.52. The minimum atomic E-state index is -0.0744. The number of benzene rings is 2. The highest BCUT2D eigenvalue weighted by atomic mass is 32.1. The molecular weight excluding hydrogens is 312 g/mol. The third-order valence-corrected chi connectivity index (χ3v) is 4.51. The van der Waals surface area contributed by atoms with Gasteiger partial charge >= 0.3 is 0 Å². The summed E-state index contributed by atoms with van der Waals surface area (Å²) in [6.45, 7) is 2.25. The molecule has 2 heterocycles. The lowest BCUT2D eigenvalue weighted by molar-refractivity contribution is -0.115. The van der Waals surface area contributed by atoms with E-state index in [2.05, 4.69) is 10.3 Å². The van der Waals surface area contributed by atoms with Crippen molar-refractivity contribution < 1.29 is 14.3 Å². The SMILES string of the molecule is Cc1cccc(CC(=O)Nc2nc3cc4c(cc3s2)OCO4)c1. The molecule has 1 aromatic heterocycles. The number of aryl methyl sites for hydroxylation is 1. The van der Waals surface area contributed by atoms with Crippen LogP contribution in [0.15, 0.2) is 36.4 Å². The third kappa shape index (κ3) is 2.85. The van der Waals surface area contributed by atoms with Gasteiger partial charge < -0.3 is 14.8 Å². The molecule has 0 radical (unpaired) electrons. The van der Waals surface area contributed by atoms with E-state index in [1.807, 2.05) is 43.3 Å². The predicted molar refractivity (Wildman–Crippen MR) is 89.3 cm³/mol. The van der Waals surface area contributed by atoms with E-state index in [1.165, 1.54) is 11.3 Å². The summed E-state index contributed by atoms with van der Waals surface area (Å²) in [5, 5.41) is 3.45. The maximum Gasteiger partial charge on any atom is 0.231 e. The fourth-order valence-corrected chi connectivity index (χ4v) is 3.43. The molecule has 3 aromatic rings. The second-order valence-electron chi connectivity index (χ2n) is 5.41. The van der Waals surface area contributed by atoms with Gasteiger partial charge in [-0.3, -0.25) is 4.79 Å². The van der Waals surface area contributed by atoms with Gasteiger partial charge in [-0.1, -0.05) is 41.2 Å². The van der Waals surface area contributed by atoms with Crippen LogP contribution in [0.25, 0.3) is 10.2 Å². The Morgan fingerprint density at radius 3 is 2.91 bits per heavy atom. The summed E-state index contributed by atoms with van der Waals surface area (Å²) in [4.78, 5) is 16.6. The molecule has 1 aliphatic rings. The van der Waals surface area contributed by atoms with Crippen molar-refractivity contribution in [3.63, 3.8) is 0 Å². The second-order valence-corrected chi connectivity index (χ2v) is 6.44. The largest absolute Gasteiger partial charge is 0.454 e. The highest BCUT2D eigenvalue weighted by Crippen LogP contribution is 2.38. The van der Waals surface area contributed by atoms with Crippen molar-refractivity contribution in [1.82, 2.24) is 4.98 Å². The van der Waals surface area contributed by atoms with Crippen LogP contribution in [0.1, 0.15) is 11.1 Å². The van der Waals surface area contributed by atoms with Crippen molar-refractivity contribution in [2.45, 2.75) is 13.3 Å². The van der Waals surface area contributed by atoms with Crippen LogP contribution in [0.5, 0.6) is 11.5 Å². The number of aromatic nitrogens is 1. The van der Waals surface area contributed by atoms with E-state index >= 15 is 0 Å². The maximum atomic E-state index is 12.2. The minimum Gasteiger partial charge on any atom is -0.454 e. The van der Waals surface area contributed by atoms with E-state index in [1.54, 1.807) is 0 Å². The highest BCUT2D eigenvalue weighted by molar-refractivity contribution is 7.22. The molecule has 0 atom stereocenters. The van der Waals surface area contributed by atoms with Gasteiger partial charge in [0.05, 0.1) is 16.6 Å². The molecule has 1 aliphatic heterocycles. The van der Waals surface area contributed by atoms with Gasteiger partial charge in [0.2, 0.25) is 12.7 Å². The summed E-state index contributed by atoms with van der Waals surface area (Å²) >= 11 is 1.43. The van der Waals surface area contributed by atoms with E-state index in [4.69, 9.17) is 9.47 Å². The number of carbonyl (C=O) groups is 1. The fourth-order valence-electron chi connectivity index (χ4n) is 2.54. The maximum absolute atomic E-state index is 12.2. The molecule has 2 aromatic carbocycles. The van der Waals surface area contributed by atoms with Crippen LogP contribution in [0.3, 0.4) is 0 Å². The van der Waals surface area contributed by atoms with Crippen molar-refractivity contribution in [3.8, 4) is 11.5 Å². The molecule has 1 N–H and O–H groups in total. The Hall–Kier alpha value is -2.60. The molecule has 116 valence electrons. The summed E-state index contributed by atoms with van der Waals surface area (Å²) in [7, 11) is 0. The normalized spacial score (nSPS) is 12.6. The van der Waals surface area contributed by atoms with Crippen molar-refractivity contribution in [1.29, 1.82) is 0 Å². The van der Waals surface area contributed by atoms with Crippen molar-refractivity contribution in [2.75, 3.05) is 12.1 Å². The predicted octanol–water partition coefficient (Wildman–Crippen LogP) is 3.51. The van der Waals surface area contributed by atoms with Gasteiger partial charge in [0.15, 0.2) is 16.6 Å². The number of rotatable bonds is 3. The van der Waals surface area contributed by atoms with E-state index in [0.717, 1.165) is 27.1 Å². The second kappa shape index (κ2) is 5.55. The number of amides is 1. The van der Waals surface area contributed by atoms with Gasteiger partial charge in [0.25, 0.3) is 0 Å². The van der Waals surface area contributed by atoms with Crippen LogP contribution >= 0.6 is 11.3 Å². The van der Waals surface area contributed by atoms with Gasteiger partial charge in [-0.15, -0.1) is 0 Å². The van der Waals surface area contributed by atoms with Crippen molar-refractivity contribution in [3.05, 3.63) is 47.5 Å². The monoisotopic (exact) mass is 326 g/mol. The zero-order valence-corrected chi connectivity index (χ0v) is 13.3. The van der Waals surface area contributed by atoms with Crippen LogP contribution in [-0.2, 0) is 11.2 Å². The van der Waals surface area contributed by atoms with Crippen LogP contribution < -0.4 is 14.8 Å². The van der Waals surface area contributed by atoms with Crippen molar-refractivity contribution in [2.24, 2.45) is 0 Å². The number of hydrogen-bond donors (Lipinski definition) is 1. The number of thiazole rings is 1. The highest BCUT2D eigenvalue weighted by Gasteiger charge is 2.17. The lowest BCUT2D eigenvalue weighted by Crippen LogP contribution is -2.14. The van der Waals surface area contributed by atoms with Gasteiger partial charge in [-0.25, -0.2) is 4.98 Å². The van der Waals surface area contributed by atoms with Gasteiger partial charge in [0, 0.05) is 12.1 Å². The van der Waals surface area contributed by atoms with Crippen LogP contribution in [0.4, 0.5) is 5.13 Å². The summed E-state index contributed by atoms with van der Waals surface area (Å²) in [5.41, 5.74) is 2.93. The first-order chi connectivity index (χ1) is 11.2. The molecule has 0 aliphatic carbocycles. The lowest BCUT2D eigenvalue weighted by Gasteiger charge is -2.02. The molecule has 0 unspecified atom stereocenters. The number of ether oxygens (including phenoxy) is 2. The first kappa shape index (κ1) is 14.0. The molecular formula is C17H14N2O3S. The summed E-state index contributed by atoms with van der Waals surface area (Å²) in [5.74, 6) is 1.34. The van der Waals surface area contributed by atoms with E-state index in [0.29, 0.717) is 17.3 Å². The Bertz CT molecular complexity index is 863. The minimum absolute atomic E-state index is 0.0744. The molecule has 0 saturated carbocycles. The molecule has 4 rings (SSSR count). The zero-order valence-electron chi connectivity index (χ0n) is 12.5. The van der Waals surface area contributed by atoms with Gasteiger partial charge in [0.1, 0.15) is 0 Å². The molecule has 23 heavy (non-hydrogen) atoms. The van der Waals surface area contributed by atoms with Crippen LogP contribution in [0.2, 0.25) is 0 Å². The fraction of sp³-hybridized carbons (Fsp3) is 0.176. The summed E-state index contributed by atoms with van der Waals surface area (Å²) in [6.07, 6.45) is 0.334. The Morgan fingerprint density at radius 2 is 2.09 bits per heavy atom. The Morgan fingerprint density at radius 1 is 1.26 bits per heavy atom. The van der Waals surface area contributed by atoms with E-state index in [-0.39, 0.29) is 12.7 Å². The zero-order chi connectivity index (χ0) is 15.8. The number of nitrogens with zero attached hydrogens (tertiary/aromatic N) is 1. The van der Waals surface area contributed by atoms with Crippen molar-refractivity contribution >= 4 is 32.6 Å². The van der Waals surface area contributed by atoms with Gasteiger partial charge in [-0.05, 0) is 12.5 Å². The van der Waals surface area contributed by atoms with E-state index < -0.39 is 0 Å². The first-order valence-corrected chi connectivity index (χ1v) is 8.04. The molecule has 6 heteroatoms. The summed E-state index contributed by atoms with van der Waals surface area (Å²) < 4.78 is 11.7.